The lowest BCUT2D eigenvalue weighted by Crippen LogP contribution is -2.11. The number of aromatic nitrogens is 1. The van der Waals surface area contributed by atoms with Crippen molar-refractivity contribution >= 4 is 34.7 Å². The molecular formula is C20H17N3O2S2. The van der Waals surface area contributed by atoms with Crippen molar-refractivity contribution in [3.63, 3.8) is 0 Å². The van der Waals surface area contributed by atoms with Gasteiger partial charge in [-0.15, -0.1) is 11.3 Å². The van der Waals surface area contributed by atoms with Crippen LogP contribution >= 0.6 is 23.1 Å². The lowest BCUT2D eigenvalue weighted by atomic mass is 10.2. The summed E-state index contributed by atoms with van der Waals surface area (Å²) in [6, 6.07) is 14.9. The fourth-order valence-electron chi connectivity index (χ4n) is 2.35. The minimum atomic E-state index is -0.202. The van der Waals surface area contributed by atoms with Gasteiger partial charge in [0.05, 0.1) is 5.69 Å². The molecule has 1 heterocycles. The summed E-state index contributed by atoms with van der Waals surface area (Å²) in [5.74, 6) is 0.571. The Kier molecular flexibility index (Phi) is 6.12. The highest BCUT2D eigenvalue weighted by Crippen LogP contribution is 2.23. The zero-order chi connectivity index (χ0) is 19.2. The van der Waals surface area contributed by atoms with Crippen LogP contribution in [0.15, 0.2) is 53.4 Å². The number of hydrogen-bond acceptors (Lipinski definition) is 6. The van der Waals surface area contributed by atoms with E-state index in [2.05, 4.69) is 10.3 Å². The highest BCUT2D eigenvalue weighted by molar-refractivity contribution is 8.03. The molecule has 1 aromatic heterocycles. The quantitative estimate of drug-likeness (QED) is 0.461. The Balaban J connectivity index is 1.63. The van der Waals surface area contributed by atoms with E-state index in [9.17, 15) is 4.79 Å². The number of aryl methyl sites for hydroxylation is 2. The molecule has 1 N–H and O–H groups in total. The molecule has 0 saturated heterocycles. The van der Waals surface area contributed by atoms with Crippen LogP contribution in [0.4, 0.5) is 5.69 Å². The molecule has 0 saturated carbocycles. The Morgan fingerprint density at radius 3 is 2.56 bits per heavy atom. The Labute approximate surface area is 166 Å². The largest absolute Gasteiger partial charge is 0.486 e. The summed E-state index contributed by atoms with van der Waals surface area (Å²) in [5, 5.41) is 14.3. The number of benzene rings is 2. The number of thiazole rings is 1. The van der Waals surface area contributed by atoms with Gasteiger partial charge in [0.2, 0.25) is 0 Å². The van der Waals surface area contributed by atoms with Crippen molar-refractivity contribution in [1.82, 2.24) is 4.98 Å². The van der Waals surface area contributed by atoms with Crippen LogP contribution < -0.4 is 10.1 Å². The van der Waals surface area contributed by atoms with Crippen LogP contribution in [0, 0.1) is 24.5 Å². The average molecular weight is 396 g/mol. The zero-order valence-electron chi connectivity index (χ0n) is 14.9. The summed E-state index contributed by atoms with van der Waals surface area (Å²) in [5.41, 5.74) is 2.52. The smallest absolute Gasteiger partial charge is 0.267 e. The maximum absolute atomic E-state index is 12.5. The van der Waals surface area contributed by atoms with Crippen LogP contribution in [-0.2, 0) is 6.61 Å². The predicted octanol–water partition coefficient (Wildman–Crippen LogP) is 5.16. The number of carbonyl (C=O) groups excluding carboxylic acids is 1. The van der Waals surface area contributed by atoms with Crippen LogP contribution in [0.1, 0.15) is 25.9 Å². The maximum Gasteiger partial charge on any atom is 0.267 e. The molecule has 0 aliphatic rings. The van der Waals surface area contributed by atoms with Gasteiger partial charge in [0.15, 0.2) is 0 Å². The molecule has 2 aromatic carbocycles. The van der Waals surface area contributed by atoms with E-state index in [1.807, 2.05) is 43.5 Å². The van der Waals surface area contributed by atoms with E-state index in [0.717, 1.165) is 27.4 Å². The number of thioether (sulfide) groups is 1. The van der Waals surface area contributed by atoms with E-state index in [1.165, 1.54) is 16.9 Å². The number of nitriles is 1. The first-order valence-corrected chi connectivity index (χ1v) is 9.81. The molecule has 27 heavy (non-hydrogen) atoms. The standard InChI is InChI=1S/C20H17N3O2S2/c1-13-3-7-16(8-4-13)25-11-18-22-14(2)19(27-18)20(24)23-15-5-9-17(10-6-15)26-12-21/h3-10H,11H2,1-2H3,(H,23,24). The van der Waals surface area contributed by atoms with Gasteiger partial charge in [-0.1, -0.05) is 17.7 Å². The van der Waals surface area contributed by atoms with Gasteiger partial charge < -0.3 is 10.1 Å². The van der Waals surface area contributed by atoms with Gasteiger partial charge >= 0.3 is 0 Å². The van der Waals surface area contributed by atoms with Crippen molar-refractivity contribution in [3.8, 4) is 11.2 Å². The highest BCUT2D eigenvalue weighted by Gasteiger charge is 2.16. The first-order valence-electron chi connectivity index (χ1n) is 8.18. The van der Waals surface area contributed by atoms with Crippen LogP contribution in [0.5, 0.6) is 5.75 Å². The topological polar surface area (TPSA) is 75.0 Å². The Hall–Kier alpha value is -2.82. The molecule has 0 radical (unpaired) electrons. The number of ether oxygens (including phenoxy) is 1. The highest BCUT2D eigenvalue weighted by atomic mass is 32.2. The van der Waals surface area contributed by atoms with Crippen molar-refractivity contribution < 1.29 is 9.53 Å². The summed E-state index contributed by atoms with van der Waals surface area (Å²) >= 11 is 2.41. The lowest BCUT2D eigenvalue weighted by Gasteiger charge is -2.04. The van der Waals surface area contributed by atoms with Gasteiger partial charge in [-0.2, -0.15) is 5.26 Å². The number of thiocyanates is 1. The zero-order valence-corrected chi connectivity index (χ0v) is 16.5. The number of carbonyl (C=O) groups is 1. The van der Waals surface area contributed by atoms with Gasteiger partial charge in [0.1, 0.15) is 27.6 Å². The minimum Gasteiger partial charge on any atom is -0.486 e. The minimum absolute atomic E-state index is 0.202. The summed E-state index contributed by atoms with van der Waals surface area (Å²) in [7, 11) is 0. The van der Waals surface area contributed by atoms with Crippen molar-refractivity contribution in [2.75, 3.05) is 5.32 Å². The summed E-state index contributed by atoms with van der Waals surface area (Å²) in [4.78, 5) is 18.4. The fraction of sp³-hybridized carbons (Fsp3) is 0.150. The first kappa shape index (κ1) is 19.0. The molecule has 1 amide bonds. The normalized spacial score (nSPS) is 10.3. The van der Waals surface area contributed by atoms with Gasteiger partial charge in [0, 0.05) is 10.6 Å². The van der Waals surface area contributed by atoms with Crippen molar-refractivity contribution in [3.05, 3.63) is 69.7 Å². The molecule has 7 heteroatoms. The molecule has 136 valence electrons. The molecule has 5 nitrogen and oxygen atoms in total. The first-order chi connectivity index (χ1) is 13.0. The average Bonchev–Trinajstić information content (AvgIpc) is 3.04. The monoisotopic (exact) mass is 395 g/mol. The van der Waals surface area contributed by atoms with Gasteiger partial charge in [-0.25, -0.2) is 4.98 Å². The van der Waals surface area contributed by atoms with E-state index < -0.39 is 0 Å². The summed E-state index contributed by atoms with van der Waals surface area (Å²) in [6.45, 7) is 4.16. The molecule has 0 aliphatic carbocycles. The number of anilines is 1. The fourth-order valence-corrected chi connectivity index (χ4v) is 3.60. The number of nitrogens with one attached hydrogen (secondary N) is 1. The second-order valence-corrected chi connectivity index (χ2v) is 7.74. The van der Waals surface area contributed by atoms with E-state index in [0.29, 0.717) is 22.9 Å². The third-order valence-electron chi connectivity index (χ3n) is 3.71. The molecule has 3 aromatic rings. The number of amides is 1. The molecule has 0 fully saturated rings. The van der Waals surface area contributed by atoms with Gasteiger partial charge in [-0.05, 0) is 62.0 Å². The molecule has 3 rings (SSSR count). The molecule has 0 atom stereocenters. The molecular weight excluding hydrogens is 378 g/mol. The predicted molar refractivity (Wildman–Crippen MR) is 108 cm³/mol. The van der Waals surface area contributed by atoms with Crippen LogP contribution in [0.3, 0.4) is 0 Å². The maximum atomic E-state index is 12.5. The Morgan fingerprint density at radius 2 is 1.89 bits per heavy atom. The van der Waals surface area contributed by atoms with Crippen molar-refractivity contribution in [2.45, 2.75) is 25.3 Å². The molecule has 0 bridgehead atoms. The molecule has 0 spiro atoms. The number of nitrogens with zero attached hydrogens (tertiary/aromatic N) is 2. The van der Waals surface area contributed by atoms with Crippen molar-refractivity contribution in [2.24, 2.45) is 0 Å². The summed E-state index contributed by atoms with van der Waals surface area (Å²) in [6.07, 6.45) is 0. The molecule has 0 unspecified atom stereocenters. The Bertz CT molecular complexity index is 974. The lowest BCUT2D eigenvalue weighted by molar-refractivity contribution is 0.103. The van der Waals surface area contributed by atoms with Gasteiger partial charge in [0.25, 0.3) is 5.91 Å². The third kappa shape index (κ3) is 5.09. The summed E-state index contributed by atoms with van der Waals surface area (Å²) < 4.78 is 5.74. The van der Waals surface area contributed by atoms with Crippen LogP contribution in [0.2, 0.25) is 0 Å². The Morgan fingerprint density at radius 1 is 1.19 bits per heavy atom. The second kappa shape index (κ2) is 8.71. The van der Waals surface area contributed by atoms with E-state index in [-0.39, 0.29) is 5.91 Å². The van der Waals surface area contributed by atoms with Crippen LogP contribution in [0.25, 0.3) is 0 Å². The second-order valence-electron chi connectivity index (χ2n) is 5.80. The van der Waals surface area contributed by atoms with Crippen LogP contribution in [-0.4, -0.2) is 10.9 Å². The van der Waals surface area contributed by atoms with E-state index in [1.54, 1.807) is 24.3 Å². The SMILES string of the molecule is Cc1ccc(OCc2nc(C)c(C(=O)Nc3ccc(SC#N)cc3)s2)cc1. The van der Waals surface area contributed by atoms with Gasteiger partial charge in [-0.3, -0.25) is 4.79 Å². The van der Waals surface area contributed by atoms with Crippen molar-refractivity contribution in [1.29, 1.82) is 5.26 Å². The van der Waals surface area contributed by atoms with E-state index >= 15 is 0 Å². The molecule has 0 aliphatic heterocycles. The number of hydrogen-bond donors (Lipinski definition) is 1. The third-order valence-corrected chi connectivity index (χ3v) is 5.43. The number of rotatable bonds is 6. The van der Waals surface area contributed by atoms with E-state index in [4.69, 9.17) is 10.00 Å².